The minimum atomic E-state index is -1.21. The van der Waals surface area contributed by atoms with E-state index in [1.165, 1.54) is 4.57 Å². The highest BCUT2D eigenvalue weighted by Gasteiger charge is 2.20. The summed E-state index contributed by atoms with van der Waals surface area (Å²) in [6.45, 7) is 2.08. The Kier molecular flexibility index (Phi) is 6.98. The van der Waals surface area contributed by atoms with Crippen molar-refractivity contribution in [1.29, 1.82) is 0 Å². The third-order valence-electron chi connectivity index (χ3n) is 3.33. The molecule has 0 saturated heterocycles. The summed E-state index contributed by atoms with van der Waals surface area (Å²) in [4.78, 5) is 45.3. The molecule has 2 amide bonds. The van der Waals surface area contributed by atoms with Crippen LogP contribution in [0.3, 0.4) is 0 Å². The van der Waals surface area contributed by atoms with Gasteiger partial charge in [-0.25, -0.2) is 4.79 Å². The fourth-order valence-electron chi connectivity index (χ4n) is 2.05. The number of aliphatic carboxylic acids is 1. The summed E-state index contributed by atoms with van der Waals surface area (Å²) in [6.07, 6.45) is 1.96. The van der Waals surface area contributed by atoms with Gasteiger partial charge in [0.05, 0.1) is 0 Å². The number of nitrogens with two attached hydrogens (primary N) is 1. The van der Waals surface area contributed by atoms with Crippen LogP contribution < -0.4 is 16.6 Å². The second kappa shape index (κ2) is 8.72. The largest absolute Gasteiger partial charge is 0.480 e. The lowest BCUT2D eigenvalue weighted by Crippen LogP contribution is -2.41. The highest BCUT2D eigenvalue weighted by molar-refractivity contribution is 5.84. The summed E-state index contributed by atoms with van der Waals surface area (Å²) in [5, 5.41) is 11.3. The fourth-order valence-corrected chi connectivity index (χ4v) is 2.05. The van der Waals surface area contributed by atoms with Crippen LogP contribution in [-0.4, -0.2) is 33.5 Å². The summed E-state index contributed by atoms with van der Waals surface area (Å²) in [6, 6.07) is 2.32. The van der Waals surface area contributed by atoms with Crippen molar-refractivity contribution in [3.05, 3.63) is 34.2 Å². The third-order valence-corrected chi connectivity index (χ3v) is 3.33. The van der Waals surface area contributed by atoms with Gasteiger partial charge in [-0.15, -0.1) is 0 Å². The van der Waals surface area contributed by atoms with Gasteiger partial charge in [-0.05, 0) is 25.8 Å². The van der Waals surface area contributed by atoms with Gasteiger partial charge in [0.1, 0.15) is 6.04 Å². The maximum Gasteiger partial charge on any atom is 0.326 e. The quantitative estimate of drug-likeness (QED) is 0.577. The number of carbonyl (C=O) groups excluding carboxylic acids is 2. The van der Waals surface area contributed by atoms with Crippen LogP contribution in [0.1, 0.15) is 31.2 Å². The van der Waals surface area contributed by atoms with Crippen molar-refractivity contribution < 1.29 is 19.5 Å². The molecule has 8 heteroatoms. The highest BCUT2D eigenvalue weighted by Crippen LogP contribution is 2.00. The number of hydrogen-bond donors (Lipinski definition) is 3. The molecular weight excluding hydrogens is 302 g/mol. The molecule has 1 unspecified atom stereocenters. The van der Waals surface area contributed by atoms with E-state index in [4.69, 9.17) is 10.8 Å². The van der Waals surface area contributed by atoms with Gasteiger partial charge in [0.15, 0.2) is 0 Å². The topological polar surface area (TPSA) is 131 Å². The predicted octanol–water partition coefficient (Wildman–Crippen LogP) is -0.228. The molecule has 0 aromatic carbocycles. The van der Waals surface area contributed by atoms with E-state index >= 15 is 0 Å². The van der Waals surface area contributed by atoms with Crippen LogP contribution in [0, 0.1) is 6.92 Å². The molecule has 0 bridgehead atoms. The molecular formula is C15H21N3O5. The number of hydrogen-bond acceptors (Lipinski definition) is 4. The van der Waals surface area contributed by atoms with E-state index < -0.39 is 23.8 Å². The first-order chi connectivity index (χ1) is 10.8. The Morgan fingerprint density at radius 2 is 2.04 bits per heavy atom. The SMILES string of the molecule is Cc1cccn(CCCC(=O)NC(CCC(N)=O)C(=O)O)c1=O. The van der Waals surface area contributed by atoms with Crippen LogP contribution in [0.5, 0.6) is 0 Å². The van der Waals surface area contributed by atoms with Crippen molar-refractivity contribution in [2.24, 2.45) is 5.73 Å². The zero-order valence-electron chi connectivity index (χ0n) is 12.9. The monoisotopic (exact) mass is 323 g/mol. The molecule has 0 aliphatic carbocycles. The van der Waals surface area contributed by atoms with E-state index in [9.17, 15) is 19.2 Å². The Morgan fingerprint density at radius 3 is 2.65 bits per heavy atom. The smallest absolute Gasteiger partial charge is 0.326 e. The fraction of sp³-hybridized carbons (Fsp3) is 0.467. The number of aryl methyl sites for hydroxylation is 2. The number of amides is 2. The van der Waals surface area contributed by atoms with E-state index in [1.807, 2.05) is 0 Å². The Bertz CT molecular complexity index is 638. The molecule has 0 aliphatic heterocycles. The number of pyridine rings is 1. The zero-order chi connectivity index (χ0) is 17.4. The average Bonchev–Trinajstić information content (AvgIpc) is 2.47. The van der Waals surface area contributed by atoms with Crippen LogP contribution in [0.15, 0.2) is 23.1 Å². The van der Waals surface area contributed by atoms with Crippen molar-refractivity contribution in [2.75, 3.05) is 0 Å². The Hall–Kier alpha value is -2.64. The highest BCUT2D eigenvalue weighted by atomic mass is 16.4. The number of primary amides is 1. The molecule has 1 aromatic rings. The minimum Gasteiger partial charge on any atom is -0.480 e. The number of nitrogens with one attached hydrogen (secondary N) is 1. The van der Waals surface area contributed by atoms with Gasteiger partial charge < -0.3 is 20.7 Å². The Labute approximate surface area is 133 Å². The second-order valence-corrected chi connectivity index (χ2v) is 5.26. The Morgan fingerprint density at radius 1 is 1.35 bits per heavy atom. The summed E-state index contributed by atoms with van der Waals surface area (Å²) in [7, 11) is 0. The average molecular weight is 323 g/mol. The lowest BCUT2D eigenvalue weighted by Gasteiger charge is -2.14. The summed E-state index contributed by atoms with van der Waals surface area (Å²) < 4.78 is 1.50. The van der Waals surface area contributed by atoms with Crippen molar-refractivity contribution in [3.8, 4) is 0 Å². The van der Waals surface area contributed by atoms with Crippen molar-refractivity contribution in [3.63, 3.8) is 0 Å². The van der Waals surface area contributed by atoms with Crippen molar-refractivity contribution in [2.45, 2.75) is 45.2 Å². The van der Waals surface area contributed by atoms with Crippen molar-refractivity contribution in [1.82, 2.24) is 9.88 Å². The molecule has 0 radical (unpaired) electrons. The first-order valence-electron chi connectivity index (χ1n) is 7.27. The molecule has 1 atom stereocenters. The van der Waals surface area contributed by atoms with Crippen LogP contribution in [0.4, 0.5) is 0 Å². The normalized spacial score (nSPS) is 11.7. The molecule has 1 aromatic heterocycles. The lowest BCUT2D eigenvalue weighted by atomic mass is 10.1. The molecule has 0 fully saturated rings. The van der Waals surface area contributed by atoms with Crippen LogP contribution in [0.2, 0.25) is 0 Å². The molecule has 0 spiro atoms. The van der Waals surface area contributed by atoms with Gasteiger partial charge in [-0.2, -0.15) is 0 Å². The van der Waals surface area contributed by atoms with Gasteiger partial charge in [-0.3, -0.25) is 14.4 Å². The van der Waals surface area contributed by atoms with Crippen LogP contribution in [0.25, 0.3) is 0 Å². The molecule has 1 rings (SSSR count). The maximum absolute atomic E-state index is 11.8. The number of nitrogens with zero attached hydrogens (tertiary/aromatic N) is 1. The molecule has 0 aliphatic rings. The standard InChI is InChI=1S/C15H21N3O5/c1-10-4-2-8-18(14(10)21)9-3-5-13(20)17-11(15(22)23)6-7-12(16)19/h2,4,8,11H,3,5-7,9H2,1H3,(H2,16,19)(H,17,20)(H,22,23). The zero-order valence-corrected chi connectivity index (χ0v) is 12.9. The Balaban J connectivity index is 2.46. The number of carboxylic acid groups (broad SMARTS) is 1. The third kappa shape index (κ3) is 6.33. The number of aromatic nitrogens is 1. The molecule has 8 nitrogen and oxygen atoms in total. The van der Waals surface area contributed by atoms with Gasteiger partial charge in [0.25, 0.3) is 5.56 Å². The van der Waals surface area contributed by atoms with Crippen molar-refractivity contribution >= 4 is 17.8 Å². The first kappa shape index (κ1) is 18.4. The first-order valence-corrected chi connectivity index (χ1v) is 7.27. The second-order valence-electron chi connectivity index (χ2n) is 5.26. The summed E-state index contributed by atoms with van der Waals surface area (Å²) in [5.41, 5.74) is 5.47. The van der Waals surface area contributed by atoms with E-state index in [2.05, 4.69) is 5.32 Å². The van der Waals surface area contributed by atoms with Gasteiger partial charge >= 0.3 is 5.97 Å². The molecule has 23 heavy (non-hydrogen) atoms. The van der Waals surface area contributed by atoms with E-state index in [0.717, 1.165) is 0 Å². The molecule has 1 heterocycles. The van der Waals surface area contributed by atoms with E-state index in [1.54, 1.807) is 25.3 Å². The van der Waals surface area contributed by atoms with Gasteiger partial charge in [0.2, 0.25) is 11.8 Å². The summed E-state index contributed by atoms with van der Waals surface area (Å²) in [5.74, 6) is -2.28. The lowest BCUT2D eigenvalue weighted by molar-refractivity contribution is -0.142. The molecule has 4 N–H and O–H groups in total. The van der Waals surface area contributed by atoms with Crippen LogP contribution in [-0.2, 0) is 20.9 Å². The number of carboxylic acids is 1. The van der Waals surface area contributed by atoms with Gasteiger partial charge in [0, 0.05) is 31.1 Å². The summed E-state index contributed by atoms with van der Waals surface area (Å²) >= 11 is 0. The minimum absolute atomic E-state index is 0.0479. The maximum atomic E-state index is 11.8. The molecule has 126 valence electrons. The predicted molar refractivity (Wildman–Crippen MR) is 82.7 cm³/mol. The number of carbonyl (C=O) groups is 3. The van der Waals surface area contributed by atoms with Crippen LogP contribution >= 0.6 is 0 Å². The van der Waals surface area contributed by atoms with E-state index in [-0.39, 0.29) is 24.8 Å². The van der Waals surface area contributed by atoms with E-state index in [0.29, 0.717) is 18.5 Å². The molecule has 0 saturated carbocycles. The van der Waals surface area contributed by atoms with Gasteiger partial charge in [-0.1, -0.05) is 6.07 Å². The number of rotatable bonds is 9.